The smallest absolute Gasteiger partial charge is 0.220 e. The van der Waals surface area contributed by atoms with Gasteiger partial charge in [0.25, 0.3) is 0 Å². The van der Waals surface area contributed by atoms with E-state index in [1.807, 2.05) is 48.5 Å². The van der Waals surface area contributed by atoms with Gasteiger partial charge in [0.1, 0.15) is 22.8 Å². The molecule has 1 aliphatic rings. The summed E-state index contributed by atoms with van der Waals surface area (Å²) >= 11 is 0. The van der Waals surface area contributed by atoms with Gasteiger partial charge in [-0.2, -0.15) is 0 Å². The lowest BCUT2D eigenvalue weighted by molar-refractivity contribution is -0.122. The van der Waals surface area contributed by atoms with Crippen molar-refractivity contribution in [1.82, 2.24) is 5.32 Å². The average Bonchev–Trinajstić information content (AvgIpc) is 2.77. The fourth-order valence-corrected chi connectivity index (χ4v) is 3.79. The van der Waals surface area contributed by atoms with Gasteiger partial charge in [0, 0.05) is 18.4 Å². The van der Waals surface area contributed by atoms with E-state index in [0.717, 1.165) is 42.1 Å². The summed E-state index contributed by atoms with van der Waals surface area (Å²) in [7, 11) is 1.64. The summed E-state index contributed by atoms with van der Waals surface area (Å²) in [6.07, 6.45) is 3.72. The van der Waals surface area contributed by atoms with Crippen LogP contribution in [0.25, 0.3) is 0 Å². The highest BCUT2D eigenvalue weighted by atomic mass is 16.5. The number of hydrogen-bond acceptors (Lipinski definition) is 4. The lowest BCUT2D eigenvalue weighted by Gasteiger charge is -2.41. The third-order valence-electron chi connectivity index (χ3n) is 5.70. The Labute approximate surface area is 173 Å². The van der Waals surface area contributed by atoms with Crippen molar-refractivity contribution in [3.05, 3.63) is 54.1 Å². The van der Waals surface area contributed by atoms with Crippen LogP contribution in [0.1, 0.15) is 57.6 Å². The topological polar surface area (TPSA) is 56.8 Å². The van der Waals surface area contributed by atoms with Gasteiger partial charge >= 0.3 is 0 Å². The second-order valence-electron chi connectivity index (χ2n) is 7.48. The normalized spacial score (nSPS) is 17.0. The summed E-state index contributed by atoms with van der Waals surface area (Å²) in [5.74, 6) is 2.51. The number of para-hydroxylation sites is 1. The molecule has 1 aliphatic heterocycles. The molecular weight excluding hydrogens is 366 g/mol. The first-order valence-corrected chi connectivity index (χ1v) is 10.4. The van der Waals surface area contributed by atoms with Gasteiger partial charge < -0.3 is 19.5 Å². The molecule has 0 saturated carbocycles. The minimum absolute atomic E-state index is 0.0187. The molecule has 0 spiro atoms. The molecule has 1 atom stereocenters. The summed E-state index contributed by atoms with van der Waals surface area (Å²) in [6, 6.07) is 15.5. The van der Waals surface area contributed by atoms with Crippen molar-refractivity contribution in [2.45, 2.75) is 57.6 Å². The van der Waals surface area contributed by atoms with E-state index >= 15 is 0 Å². The molecule has 1 amide bonds. The molecule has 0 saturated heterocycles. The van der Waals surface area contributed by atoms with E-state index in [4.69, 9.17) is 14.2 Å². The van der Waals surface area contributed by atoms with Gasteiger partial charge in [0.05, 0.1) is 19.8 Å². The molecule has 5 nitrogen and oxygen atoms in total. The number of hydrogen-bond donors (Lipinski definition) is 1. The maximum absolute atomic E-state index is 12.6. The van der Waals surface area contributed by atoms with Crippen LogP contribution in [0.15, 0.2) is 48.5 Å². The molecule has 5 heteroatoms. The Hall–Kier alpha value is -2.69. The van der Waals surface area contributed by atoms with Crippen molar-refractivity contribution in [3.63, 3.8) is 0 Å². The van der Waals surface area contributed by atoms with E-state index in [1.165, 1.54) is 0 Å². The minimum atomic E-state index is -0.218. The predicted molar refractivity (Wildman–Crippen MR) is 114 cm³/mol. The highest BCUT2D eigenvalue weighted by molar-refractivity contribution is 5.76. The van der Waals surface area contributed by atoms with E-state index in [-0.39, 0.29) is 17.6 Å². The van der Waals surface area contributed by atoms with Gasteiger partial charge in [0.2, 0.25) is 5.91 Å². The number of carbonyl (C=O) groups excluding carboxylic acids is 1. The Morgan fingerprint density at radius 3 is 2.48 bits per heavy atom. The molecule has 0 radical (unpaired) electrons. The fraction of sp³-hybridized carbons (Fsp3) is 0.458. The number of ether oxygens (including phenoxy) is 3. The number of carbonyl (C=O) groups is 1. The van der Waals surface area contributed by atoms with Gasteiger partial charge in [-0.15, -0.1) is 0 Å². The molecule has 0 unspecified atom stereocenters. The molecule has 0 aliphatic carbocycles. The number of amides is 1. The number of benzene rings is 2. The monoisotopic (exact) mass is 397 g/mol. The number of rotatable bonds is 9. The summed E-state index contributed by atoms with van der Waals surface area (Å²) in [4.78, 5) is 12.6. The highest BCUT2D eigenvalue weighted by Crippen LogP contribution is 2.42. The predicted octanol–water partition coefficient (Wildman–Crippen LogP) is 5.05. The average molecular weight is 398 g/mol. The van der Waals surface area contributed by atoms with Crippen LogP contribution in [0.3, 0.4) is 0 Å². The van der Waals surface area contributed by atoms with Crippen molar-refractivity contribution in [3.8, 4) is 17.2 Å². The van der Waals surface area contributed by atoms with Crippen LogP contribution in [0.5, 0.6) is 17.2 Å². The number of methoxy groups -OCH3 is 1. The first-order valence-electron chi connectivity index (χ1n) is 10.4. The van der Waals surface area contributed by atoms with Crippen LogP contribution in [0, 0.1) is 0 Å². The lowest BCUT2D eigenvalue weighted by atomic mass is 9.83. The summed E-state index contributed by atoms with van der Waals surface area (Å²) in [5.41, 5.74) is 0.844. The zero-order valence-electron chi connectivity index (χ0n) is 17.6. The first-order chi connectivity index (χ1) is 14.1. The lowest BCUT2D eigenvalue weighted by Crippen LogP contribution is -2.44. The molecule has 0 fully saturated rings. The zero-order chi connectivity index (χ0) is 20.7. The summed E-state index contributed by atoms with van der Waals surface area (Å²) < 4.78 is 17.2. The van der Waals surface area contributed by atoms with Crippen molar-refractivity contribution < 1.29 is 19.0 Å². The Morgan fingerprint density at radius 2 is 1.79 bits per heavy atom. The van der Waals surface area contributed by atoms with E-state index in [2.05, 4.69) is 19.2 Å². The Kier molecular flexibility index (Phi) is 7.02. The van der Waals surface area contributed by atoms with E-state index in [1.54, 1.807) is 7.11 Å². The van der Waals surface area contributed by atoms with Crippen molar-refractivity contribution in [1.29, 1.82) is 0 Å². The molecule has 1 N–H and O–H groups in total. The molecule has 3 rings (SSSR count). The maximum atomic E-state index is 12.6. The molecule has 156 valence electrons. The van der Waals surface area contributed by atoms with Crippen LogP contribution in [0.4, 0.5) is 0 Å². The third kappa shape index (κ3) is 5.22. The van der Waals surface area contributed by atoms with Gasteiger partial charge in [-0.3, -0.25) is 4.79 Å². The van der Waals surface area contributed by atoms with Gasteiger partial charge in [0.15, 0.2) is 0 Å². The maximum Gasteiger partial charge on any atom is 0.220 e. The van der Waals surface area contributed by atoms with Crippen molar-refractivity contribution >= 4 is 5.91 Å². The Bertz CT molecular complexity index is 799. The number of nitrogens with one attached hydrogen (secondary N) is 1. The van der Waals surface area contributed by atoms with Crippen LogP contribution < -0.4 is 19.5 Å². The first kappa shape index (κ1) is 21.0. The van der Waals surface area contributed by atoms with Crippen LogP contribution in [-0.4, -0.2) is 25.2 Å². The standard InChI is InChI=1S/C24H31NO4/c1-4-24(5-2)17-21(20-9-6-7-10-22(20)29-24)25-23(26)11-8-16-28-19-14-12-18(27-3)13-15-19/h6-7,9-10,12-15,21H,4-5,8,11,16-17H2,1-3H3,(H,25,26)/t21-/m1/s1. The summed E-state index contributed by atoms with van der Waals surface area (Å²) in [6.45, 7) is 4.79. The van der Waals surface area contributed by atoms with Gasteiger partial charge in [-0.1, -0.05) is 32.0 Å². The molecule has 2 aromatic rings. The van der Waals surface area contributed by atoms with Crippen LogP contribution >= 0.6 is 0 Å². The third-order valence-corrected chi connectivity index (χ3v) is 5.70. The minimum Gasteiger partial charge on any atom is -0.497 e. The zero-order valence-corrected chi connectivity index (χ0v) is 17.6. The van der Waals surface area contributed by atoms with Gasteiger partial charge in [-0.05, 0) is 49.6 Å². The van der Waals surface area contributed by atoms with Crippen molar-refractivity contribution in [2.24, 2.45) is 0 Å². The van der Waals surface area contributed by atoms with E-state index < -0.39 is 0 Å². The molecule has 0 bridgehead atoms. The molecular formula is C24H31NO4. The Balaban J connectivity index is 1.52. The van der Waals surface area contributed by atoms with E-state index in [9.17, 15) is 4.79 Å². The second-order valence-corrected chi connectivity index (χ2v) is 7.48. The van der Waals surface area contributed by atoms with Crippen LogP contribution in [0.2, 0.25) is 0 Å². The fourth-order valence-electron chi connectivity index (χ4n) is 3.79. The quantitative estimate of drug-likeness (QED) is 0.602. The molecule has 2 aromatic carbocycles. The van der Waals surface area contributed by atoms with Gasteiger partial charge in [-0.25, -0.2) is 0 Å². The SMILES string of the molecule is CCC1(CC)C[C@@H](NC(=O)CCCOc2ccc(OC)cc2)c2ccccc2O1. The largest absolute Gasteiger partial charge is 0.497 e. The molecule has 0 aromatic heterocycles. The Morgan fingerprint density at radius 1 is 1.10 bits per heavy atom. The molecule has 29 heavy (non-hydrogen) atoms. The second kappa shape index (κ2) is 9.68. The summed E-state index contributed by atoms with van der Waals surface area (Å²) in [5, 5.41) is 3.22. The van der Waals surface area contributed by atoms with Crippen molar-refractivity contribution in [2.75, 3.05) is 13.7 Å². The van der Waals surface area contributed by atoms with Crippen LogP contribution in [-0.2, 0) is 4.79 Å². The highest BCUT2D eigenvalue weighted by Gasteiger charge is 2.38. The number of fused-ring (bicyclic) bond motifs is 1. The van der Waals surface area contributed by atoms with E-state index in [0.29, 0.717) is 19.4 Å². The molecule has 1 heterocycles.